The van der Waals surface area contributed by atoms with Crippen LogP contribution in [0.25, 0.3) is 10.9 Å². The fraction of sp³-hybridized carbons (Fsp3) is 0.467. The fourth-order valence-electron chi connectivity index (χ4n) is 3.32. The Kier molecular flexibility index (Phi) is 3.11. The lowest BCUT2D eigenvalue weighted by molar-refractivity contribution is 0.413. The Labute approximate surface area is 112 Å². The molecule has 0 spiro atoms. The number of benzene rings is 1. The van der Waals surface area contributed by atoms with E-state index in [2.05, 4.69) is 41.5 Å². The summed E-state index contributed by atoms with van der Waals surface area (Å²) < 4.78 is 0. The first-order chi connectivity index (χ1) is 9.20. The highest BCUT2D eigenvalue weighted by atomic mass is 16.3. The molecule has 0 saturated heterocycles. The van der Waals surface area contributed by atoms with Crippen LogP contribution >= 0.6 is 0 Å². The molecule has 3 rings (SSSR count). The maximum Gasteiger partial charge on any atom is 0.0836 e. The topological polar surface area (TPSA) is 71.2 Å². The summed E-state index contributed by atoms with van der Waals surface area (Å²) in [5.74, 6) is 0.605. The zero-order valence-corrected chi connectivity index (χ0v) is 11.1. The van der Waals surface area contributed by atoms with Crippen LogP contribution in [0.4, 0.5) is 0 Å². The van der Waals surface area contributed by atoms with E-state index in [4.69, 9.17) is 5.73 Å². The predicted molar refractivity (Wildman–Crippen MR) is 77.2 cm³/mol. The molecule has 3 N–H and O–H groups in total. The average molecular weight is 257 g/mol. The van der Waals surface area contributed by atoms with Crippen molar-refractivity contribution < 1.29 is 0 Å². The monoisotopic (exact) mass is 257 g/mol. The maximum atomic E-state index is 10.4. The van der Waals surface area contributed by atoms with Gasteiger partial charge in [0, 0.05) is 29.1 Å². The summed E-state index contributed by atoms with van der Waals surface area (Å²) in [5, 5.41) is 4.35. The molecule has 0 amide bonds. The molecule has 0 fully saturated rings. The van der Waals surface area contributed by atoms with Gasteiger partial charge in [-0.05, 0) is 36.0 Å². The Morgan fingerprint density at radius 3 is 3.16 bits per heavy atom. The molecule has 1 aromatic heterocycles. The molecule has 4 heteroatoms. The number of nitrogens with two attached hydrogens (primary N) is 1. The molecule has 4 nitrogen and oxygen atoms in total. The van der Waals surface area contributed by atoms with E-state index in [0.717, 1.165) is 12.8 Å². The summed E-state index contributed by atoms with van der Waals surface area (Å²) in [6, 6.07) is 6.48. The first-order valence-corrected chi connectivity index (χ1v) is 6.84. The number of aromatic nitrogens is 1. The van der Waals surface area contributed by atoms with Crippen molar-refractivity contribution in [2.24, 2.45) is 16.8 Å². The number of rotatable bonds is 4. The minimum absolute atomic E-state index is 0.128. The third-order valence-electron chi connectivity index (χ3n) is 4.23. The lowest BCUT2D eigenvalue weighted by Crippen LogP contribution is -2.34. The highest BCUT2D eigenvalue weighted by molar-refractivity contribution is 5.88. The zero-order valence-electron chi connectivity index (χ0n) is 11.1. The molecule has 1 unspecified atom stereocenters. The first kappa shape index (κ1) is 12.4. The van der Waals surface area contributed by atoms with Crippen LogP contribution in [0, 0.1) is 10.8 Å². The molecule has 1 aliphatic rings. The quantitative estimate of drug-likeness (QED) is 0.827. The summed E-state index contributed by atoms with van der Waals surface area (Å²) in [6.07, 6.45) is 3.90. The third kappa shape index (κ3) is 2.06. The van der Waals surface area contributed by atoms with Gasteiger partial charge in [0.25, 0.3) is 0 Å². The SMILES string of the molecule is C[C@H](CN=O)CC1c2cccc3[nH]cc(c23)C[C@@H]1N. The summed E-state index contributed by atoms with van der Waals surface area (Å²) in [5.41, 5.74) is 10.2. The first-order valence-electron chi connectivity index (χ1n) is 6.84. The van der Waals surface area contributed by atoms with Gasteiger partial charge in [-0.2, -0.15) is 4.91 Å². The van der Waals surface area contributed by atoms with Crippen molar-refractivity contribution in [2.75, 3.05) is 6.54 Å². The van der Waals surface area contributed by atoms with Crippen molar-refractivity contribution in [1.29, 1.82) is 0 Å². The van der Waals surface area contributed by atoms with Crippen molar-refractivity contribution in [3.63, 3.8) is 0 Å². The molecule has 3 atom stereocenters. The predicted octanol–water partition coefficient (Wildman–Crippen LogP) is 2.93. The molecule has 1 heterocycles. The summed E-state index contributed by atoms with van der Waals surface area (Å²) >= 11 is 0. The Balaban J connectivity index is 2.00. The van der Waals surface area contributed by atoms with E-state index in [1.807, 2.05) is 0 Å². The summed E-state index contributed by atoms with van der Waals surface area (Å²) in [4.78, 5) is 13.7. The Morgan fingerprint density at radius 2 is 2.37 bits per heavy atom. The number of nitrogens with zero attached hydrogens (tertiary/aromatic N) is 1. The van der Waals surface area contributed by atoms with Gasteiger partial charge in [0.2, 0.25) is 0 Å². The van der Waals surface area contributed by atoms with Crippen molar-refractivity contribution in [1.82, 2.24) is 4.98 Å². The van der Waals surface area contributed by atoms with Gasteiger partial charge in [-0.1, -0.05) is 24.2 Å². The molecule has 0 radical (unpaired) electrons. The van der Waals surface area contributed by atoms with Crippen LogP contribution in [0.2, 0.25) is 0 Å². The number of aromatic amines is 1. The molecule has 0 aliphatic heterocycles. The average Bonchev–Trinajstić information content (AvgIpc) is 2.79. The van der Waals surface area contributed by atoms with Crippen LogP contribution < -0.4 is 5.73 Å². The van der Waals surface area contributed by atoms with Crippen molar-refractivity contribution in [3.8, 4) is 0 Å². The van der Waals surface area contributed by atoms with Crippen LogP contribution in [0.3, 0.4) is 0 Å². The Bertz CT molecular complexity index is 604. The third-order valence-corrected chi connectivity index (χ3v) is 4.23. The van der Waals surface area contributed by atoms with Crippen molar-refractivity contribution >= 4 is 10.9 Å². The summed E-state index contributed by atoms with van der Waals surface area (Å²) in [7, 11) is 0. The number of hydrogen-bond donors (Lipinski definition) is 2. The lowest BCUT2D eigenvalue weighted by Gasteiger charge is -2.31. The molecule has 2 aromatic rings. The molecule has 100 valence electrons. The van der Waals surface area contributed by atoms with Gasteiger partial charge in [0.15, 0.2) is 0 Å². The molecule has 19 heavy (non-hydrogen) atoms. The molecule has 0 bridgehead atoms. The van der Waals surface area contributed by atoms with Crippen molar-refractivity contribution in [2.45, 2.75) is 31.7 Å². The van der Waals surface area contributed by atoms with Crippen molar-refractivity contribution in [3.05, 3.63) is 40.4 Å². The molecule has 0 saturated carbocycles. The second-order valence-corrected chi connectivity index (χ2v) is 5.71. The minimum atomic E-state index is 0.128. The van der Waals surface area contributed by atoms with E-state index in [1.165, 1.54) is 22.0 Å². The van der Waals surface area contributed by atoms with E-state index in [1.54, 1.807) is 0 Å². The van der Waals surface area contributed by atoms with Crippen LogP contribution in [-0.2, 0) is 6.42 Å². The van der Waals surface area contributed by atoms with E-state index in [-0.39, 0.29) is 12.0 Å². The normalized spacial score (nSPS) is 23.5. The van der Waals surface area contributed by atoms with Gasteiger partial charge in [-0.3, -0.25) is 0 Å². The molecular formula is C15H19N3O. The van der Waals surface area contributed by atoms with E-state index < -0.39 is 0 Å². The van der Waals surface area contributed by atoms with Crippen LogP contribution in [0.15, 0.2) is 29.6 Å². The summed E-state index contributed by atoms with van der Waals surface area (Å²) in [6.45, 7) is 2.44. The van der Waals surface area contributed by atoms with E-state index in [0.29, 0.717) is 12.5 Å². The van der Waals surface area contributed by atoms with Gasteiger partial charge >= 0.3 is 0 Å². The number of H-pyrrole nitrogens is 1. The van der Waals surface area contributed by atoms with Crippen LogP contribution in [-0.4, -0.2) is 17.6 Å². The van der Waals surface area contributed by atoms with Gasteiger partial charge in [0.1, 0.15) is 0 Å². The number of nitroso groups, excluding NO2 is 1. The highest BCUT2D eigenvalue weighted by Gasteiger charge is 2.29. The Morgan fingerprint density at radius 1 is 1.53 bits per heavy atom. The highest BCUT2D eigenvalue weighted by Crippen LogP contribution is 2.39. The smallest absolute Gasteiger partial charge is 0.0836 e. The number of hydrogen-bond acceptors (Lipinski definition) is 3. The van der Waals surface area contributed by atoms with Gasteiger partial charge < -0.3 is 10.7 Å². The van der Waals surface area contributed by atoms with Crippen LogP contribution in [0.5, 0.6) is 0 Å². The van der Waals surface area contributed by atoms with Crippen LogP contribution in [0.1, 0.15) is 30.4 Å². The fourth-order valence-corrected chi connectivity index (χ4v) is 3.32. The van der Waals surface area contributed by atoms with Gasteiger partial charge in [-0.25, -0.2) is 0 Å². The zero-order chi connectivity index (χ0) is 13.4. The molecule has 1 aliphatic carbocycles. The lowest BCUT2D eigenvalue weighted by atomic mass is 9.76. The second kappa shape index (κ2) is 4.78. The minimum Gasteiger partial charge on any atom is -0.361 e. The van der Waals surface area contributed by atoms with Gasteiger partial charge in [0.05, 0.1) is 6.54 Å². The van der Waals surface area contributed by atoms with Gasteiger partial charge in [-0.15, -0.1) is 0 Å². The second-order valence-electron chi connectivity index (χ2n) is 5.71. The van der Waals surface area contributed by atoms with E-state index in [9.17, 15) is 4.91 Å². The van der Waals surface area contributed by atoms with E-state index >= 15 is 0 Å². The largest absolute Gasteiger partial charge is 0.361 e. The number of nitrogens with one attached hydrogen (secondary N) is 1. The Hall–Kier alpha value is -1.68. The molecular weight excluding hydrogens is 238 g/mol. The standard InChI is InChI=1S/C15H19N3O/c1-9(7-18-19)5-12-11-3-2-4-14-15(11)10(8-17-14)6-13(12)16/h2-4,8-9,12-13,17H,5-7,16H2,1H3/t9-,12?,13-/m0/s1. The molecule has 1 aromatic carbocycles. The maximum absolute atomic E-state index is 10.4.